The highest BCUT2D eigenvalue weighted by Crippen LogP contribution is 2.30. The fraction of sp³-hybridized carbons (Fsp3) is 0.929. The van der Waals surface area contributed by atoms with Gasteiger partial charge in [-0.2, -0.15) is 5.26 Å². The Kier molecular flexibility index (Phi) is 5.42. The van der Waals surface area contributed by atoms with Crippen molar-refractivity contribution in [2.45, 2.75) is 58.1 Å². The third kappa shape index (κ3) is 4.65. The summed E-state index contributed by atoms with van der Waals surface area (Å²) in [6.45, 7) is 7.20. The normalized spacial score (nSPS) is 32.8. The van der Waals surface area contributed by atoms with Gasteiger partial charge in [0, 0.05) is 13.0 Å². The SMILES string of the molecule is CNC(C)(C#N)CCOC1CC(C)CC(C)C1. The smallest absolute Gasteiger partial charge is 0.105 e. The summed E-state index contributed by atoms with van der Waals surface area (Å²) >= 11 is 0. The molecule has 0 aromatic carbocycles. The lowest BCUT2D eigenvalue weighted by Gasteiger charge is -2.32. The highest BCUT2D eigenvalue weighted by atomic mass is 16.5. The van der Waals surface area contributed by atoms with Gasteiger partial charge >= 0.3 is 0 Å². The van der Waals surface area contributed by atoms with Gasteiger partial charge in [-0.05, 0) is 45.1 Å². The first-order valence-corrected chi connectivity index (χ1v) is 6.71. The highest BCUT2D eigenvalue weighted by molar-refractivity contribution is 5.02. The van der Waals surface area contributed by atoms with Crippen LogP contribution in [0.2, 0.25) is 0 Å². The molecule has 1 aliphatic rings. The minimum Gasteiger partial charge on any atom is -0.378 e. The predicted octanol–water partition coefficient (Wildman–Crippen LogP) is 2.72. The lowest BCUT2D eigenvalue weighted by atomic mass is 9.82. The van der Waals surface area contributed by atoms with Crippen LogP contribution in [-0.2, 0) is 4.74 Å². The van der Waals surface area contributed by atoms with Crippen LogP contribution in [0, 0.1) is 23.2 Å². The van der Waals surface area contributed by atoms with Gasteiger partial charge in [-0.25, -0.2) is 0 Å². The summed E-state index contributed by atoms with van der Waals surface area (Å²) in [5, 5.41) is 12.1. The van der Waals surface area contributed by atoms with Gasteiger partial charge in [0.2, 0.25) is 0 Å². The second-order valence-electron chi connectivity index (χ2n) is 5.85. The monoisotopic (exact) mass is 238 g/mol. The van der Waals surface area contributed by atoms with Gasteiger partial charge < -0.3 is 10.1 Å². The molecule has 1 N–H and O–H groups in total. The van der Waals surface area contributed by atoms with E-state index in [1.165, 1.54) is 19.3 Å². The van der Waals surface area contributed by atoms with E-state index in [1.54, 1.807) is 0 Å². The lowest BCUT2D eigenvalue weighted by Crippen LogP contribution is -2.39. The van der Waals surface area contributed by atoms with Gasteiger partial charge in [-0.3, -0.25) is 0 Å². The largest absolute Gasteiger partial charge is 0.378 e. The van der Waals surface area contributed by atoms with Crippen molar-refractivity contribution in [3.05, 3.63) is 0 Å². The van der Waals surface area contributed by atoms with Crippen LogP contribution in [0.25, 0.3) is 0 Å². The molecule has 3 atom stereocenters. The Labute approximate surface area is 106 Å². The molecule has 98 valence electrons. The standard InChI is InChI=1S/C14H26N2O/c1-11-7-12(2)9-13(8-11)17-6-5-14(3,10-15)16-4/h11-13,16H,5-9H2,1-4H3. The van der Waals surface area contributed by atoms with Crippen LogP contribution < -0.4 is 5.32 Å². The molecule has 0 amide bonds. The molecule has 0 radical (unpaired) electrons. The first-order valence-electron chi connectivity index (χ1n) is 6.71. The van der Waals surface area contributed by atoms with E-state index >= 15 is 0 Å². The summed E-state index contributed by atoms with van der Waals surface area (Å²) in [5.74, 6) is 1.55. The topological polar surface area (TPSA) is 45.0 Å². The van der Waals surface area contributed by atoms with Gasteiger partial charge in [0.25, 0.3) is 0 Å². The predicted molar refractivity (Wildman–Crippen MR) is 69.6 cm³/mol. The molecule has 0 aromatic rings. The molecule has 17 heavy (non-hydrogen) atoms. The molecular weight excluding hydrogens is 212 g/mol. The van der Waals surface area contributed by atoms with Gasteiger partial charge in [0.15, 0.2) is 0 Å². The summed E-state index contributed by atoms with van der Waals surface area (Å²) in [7, 11) is 1.83. The summed E-state index contributed by atoms with van der Waals surface area (Å²) < 4.78 is 5.93. The van der Waals surface area contributed by atoms with Crippen LogP contribution in [0.4, 0.5) is 0 Å². The average Bonchev–Trinajstić information content (AvgIpc) is 2.27. The molecule has 0 saturated heterocycles. The van der Waals surface area contributed by atoms with Crippen molar-refractivity contribution in [3.63, 3.8) is 0 Å². The maximum Gasteiger partial charge on any atom is 0.105 e. The van der Waals surface area contributed by atoms with Crippen molar-refractivity contribution in [2.24, 2.45) is 11.8 Å². The summed E-state index contributed by atoms with van der Waals surface area (Å²) in [4.78, 5) is 0. The van der Waals surface area contributed by atoms with Crippen LogP contribution in [-0.4, -0.2) is 25.3 Å². The van der Waals surface area contributed by atoms with Gasteiger partial charge in [0.05, 0.1) is 12.2 Å². The molecule has 3 heteroatoms. The van der Waals surface area contributed by atoms with Gasteiger partial charge in [-0.1, -0.05) is 13.8 Å². The Hall–Kier alpha value is -0.590. The van der Waals surface area contributed by atoms with E-state index in [0.717, 1.165) is 18.3 Å². The van der Waals surface area contributed by atoms with Crippen LogP contribution in [0.15, 0.2) is 0 Å². The van der Waals surface area contributed by atoms with E-state index < -0.39 is 5.54 Å². The van der Waals surface area contributed by atoms with E-state index in [-0.39, 0.29) is 0 Å². The van der Waals surface area contributed by atoms with Crippen LogP contribution in [0.1, 0.15) is 46.5 Å². The van der Waals surface area contributed by atoms with Crippen molar-refractivity contribution in [1.82, 2.24) is 5.32 Å². The van der Waals surface area contributed by atoms with Crippen molar-refractivity contribution < 1.29 is 4.74 Å². The van der Waals surface area contributed by atoms with Gasteiger partial charge in [0.1, 0.15) is 5.54 Å². The van der Waals surface area contributed by atoms with Crippen molar-refractivity contribution in [2.75, 3.05) is 13.7 Å². The van der Waals surface area contributed by atoms with E-state index in [9.17, 15) is 0 Å². The molecule has 3 nitrogen and oxygen atoms in total. The first-order chi connectivity index (χ1) is 7.99. The Morgan fingerprint density at radius 2 is 1.88 bits per heavy atom. The zero-order valence-corrected chi connectivity index (χ0v) is 11.6. The number of hydrogen-bond acceptors (Lipinski definition) is 3. The second-order valence-corrected chi connectivity index (χ2v) is 5.85. The maximum absolute atomic E-state index is 9.04. The Bertz CT molecular complexity index is 264. The van der Waals surface area contributed by atoms with E-state index in [0.29, 0.717) is 12.7 Å². The summed E-state index contributed by atoms with van der Waals surface area (Å²) in [6.07, 6.45) is 4.82. The number of hydrogen-bond donors (Lipinski definition) is 1. The number of rotatable bonds is 5. The Morgan fingerprint density at radius 3 is 2.35 bits per heavy atom. The maximum atomic E-state index is 9.04. The third-order valence-electron chi connectivity index (χ3n) is 3.89. The fourth-order valence-electron chi connectivity index (χ4n) is 2.68. The van der Waals surface area contributed by atoms with Crippen molar-refractivity contribution in [1.29, 1.82) is 5.26 Å². The number of nitrogens with one attached hydrogen (secondary N) is 1. The molecule has 1 saturated carbocycles. The first kappa shape index (κ1) is 14.5. The molecule has 0 heterocycles. The van der Waals surface area contributed by atoms with Gasteiger partial charge in [-0.15, -0.1) is 0 Å². The van der Waals surface area contributed by atoms with E-state index in [4.69, 9.17) is 10.00 Å². The molecule has 0 aliphatic heterocycles. The summed E-state index contributed by atoms with van der Waals surface area (Å²) in [5.41, 5.74) is -0.452. The lowest BCUT2D eigenvalue weighted by molar-refractivity contribution is -0.00446. The third-order valence-corrected chi connectivity index (χ3v) is 3.89. The molecule has 3 unspecified atom stereocenters. The zero-order valence-electron chi connectivity index (χ0n) is 11.6. The molecule has 1 rings (SSSR count). The molecule has 1 aliphatic carbocycles. The minimum absolute atomic E-state index is 0.397. The fourth-order valence-corrected chi connectivity index (χ4v) is 2.68. The number of ether oxygens (including phenoxy) is 1. The molecule has 1 fully saturated rings. The molecule has 0 bridgehead atoms. The zero-order chi connectivity index (χ0) is 12.9. The Morgan fingerprint density at radius 1 is 1.29 bits per heavy atom. The summed E-state index contributed by atoms with van der Waals surface area (Å²) in [6, 6.07) is 2.29. The quantitative estimate of drug-likeness (QED) is 0.801. The molecule has 0 spiro atoms. The van der Waals surface area contributed by atoms with Crippen LogP contribution >= 0.6 is 0 Å². The van der Waals surface area contributed by atoms with Crippen LogP contribution in [0.5, 0.6) is 0 Å². The molecule has 0 aromatic heterocycles. The Balaban J connectivity index is 2.29. The number of nitriles is 1. The number of nitrogens with zero attached hydrogens (tertiary/aromatic N) is 1. The van der Waals surface area contributed by atoms with Crippen molar-refractivity contribution >= 4 is 0 Å². The average molecular weight is 238 g/mol. The van der Waals surface area contributed by atoms with E-state index in [1.807, 2.05) is 14.0 Å². The van der Waals surface area contributed by atoms with Crippen LogP contribution in [0.3, 0.4) is 0 Å². The van der Waals surface area contributed by atoms with E-state index in [2.05, 4.69) is 25.2 Å². The highest BCUT2D eigenvalue weighted by Gasteiger charge is 2.26. The second kappa shape index (κ2) is 6.37. The molecular formula is C14H26N2O. The minimum atomic E-state index is -0.452. The van der Waals surface area contributed by atoms with Crippen molar-refractivity contribution in [3.8, 4) is 6.07 Å².